The Morgan fingerprint density at radius 3 is 2.35 bits per heavy atom. The van der Waals surface area contributed by atoms with Gasteiger partial charge in [0.25, 0.3) is 0 Å². The third-order valence-corrected chi connectivity index (χ3v) is 4.08. The lowest BCUT2D eigenvalue weighted by atomic mass is 9.88. The molecular weight excluding hydrogens is 256 g/mol. The number of rotatable bonds is 10. The summed E-state index contributed by atoms with van der Waals surface area (Å²) in [6, 6.07) is 0.286. The summed E-state index contributed by atoms with van der Waals surface area (Å²) in [6.45, 7) is 5.33. The average molecular weight is 284 g/mol. The van der Waals surface area contributed by atoms with Crippen LogP contribution in [-0.2, 0) is 9.59 Å². The zero-order valence-corrected chi connectivity index (χ0v) is 12.7. The molecule has 1 rings (SSSR count). The average Bonchev–Trinajstić information content (AvgIpc) is 3.18. The molecular formula is C15H28N2O3. The highest BCUT2D eigenvalue weighted by Gasteiger charge is 2.32. The van der Waals surface area contributed by atoms with E-state index in [9.17, 15) is 9.59 Å². The van der Waals surface area contributed by atoms with E-state index < -0.39 is 5.97 Å². The number of hydrogen-bond donors (Lipinski definition) is 2. The van der Waals surface area contributed by atoms with Crippen molar-refractivity contribution in [1.29, 1.82) is 0 Å². The Bertz CT molecular complexity index is 327. The van der Waals surface area contributed by atoms with Crippen LogP contribution in [0.15, 0.2) is 0 Å². The van der Waals surface area contributed by atoms with Gasteiger partial charge in [-0.15, -0.1) is 0 Å². The van der Waals surface area contributed by atoms with Gasteiger partial charge in [-0.05, 0) is 44.1 Å². The quantitative estimate of drug-likeness (QED) is 0.641. The van der Waals surface area contributed by atoms with Crippen molar-refractivity contribution in [3.8, 4) is 0 Å². The molecule has 0 saturated heterocycles. The molecule has 5 heteroatoms. The van der Waals surface area contributed by atoms with Gasteiger partial charge in [0.2, 0.25) is 5.91 Å². The highest BCUT2D eigenvalue weighted by atomic mass is 16.4. The summed E-state index contributed by atoms with van der Waals surface area (Å²) in [5, 5.41) is 8.76. The van der Waals surface area contributed by atoms with Crippen molar-refractivity contribution in [1.82, 2.24) is 4.90 Å². The van der Waals surface area contributed by atoms with E-state index in [4.69, 9.17) is 10.8 Å². The number of carboxylic acids is 1. The molecule has 1 fully saturated rings. The molecule has 3 N–H and O–H groups in total. The van der Waals surface area contributed by atoms with Crippen LogP contribution in [0.1, 0.15) is 52.4 Å². The molecule has 0 aromatic carbocycles. The molecule has 1 aliphatic rings. The molecule has 1 atom stereocenters. The van der Waals surface area contributed by atoms with E-state index in [1.807, 2.05) is 0 Å². The van der Waals surface area contributed by atoms with Crippen molar-refractivity contribution < 1.29 is 14.7 Å². The van der Waals surface area contributed by atoms with Crippen LogP contribution in [0.2, 0.25) is 0 Å². The first-order valence-corrected chi connectivity index (χ1v) is 7.67. The minimum atomic E-state index is -0.841. The summed E-state index contributed by atoms with van der Waals surface area (Å²) in [5.74, 6) is 0.271. The fraction of sp³-hybridized carbons (Fsp3) is 0.867. The standard InChI is InChI=1S/C15H28N2O3/c1-11(2)12(7-9-16)3-6-14(18)17(13-4-5-13)10-8-15(19)20/h11-13H,3-10,16H2,1-2H3,(H,19,20). The Kier molecular flexibility index (Phi) is 6.99. The first kappa shape index (κ1) is 17.0. The van der Waals surface area contributed by atoms with Crippen LogP contribution < -0.4 is 5.73 Å². The van der Waals surface area contributed by atoms with E-state index in [2.05, 4.69) is 13.8 Å². The van der Waals surface area contributed by atoms with Gasteiger partial charge in [-0.25, -0.2) is 0 Å². The van der Waals surface area contributed by atoms with Gasteiger partial charge in [0, 0.05) is 19.0 Å². The largest absolute Gasteiger partial charge is 0.481 e. The Hall–Kier alpha value is -1.10. The summed E-state index contributed by atoms with van der Waals surface area (Å²) >= 11 is 0. The second-order valence-corrected chi connectivity index (χ2v) is 6.08. The fourth-order valence-electron chi connectivity index (χ4n) is 2.59. The van der Waals surface area contributed by atoms with Crippen LogP contribution in [0.4, 0.5) is 0 Å². The van der Waals surface area contributed by atoms with Crippen LogP contribution in [0.3, 0.4) is 0 Å². The molecule has 1 unspecified atom stereocenters. The van der Waals surface area contributed by atoms with Crippen LogP contribution in [0.5, 0.6) is 0 Å². The monoisotopic (exact) mass is 284 g/mol. The van der Waals surface area contributed by atoms with Crippen molar-refractivity contribution in [3.63, 3.8) is 0 Å². The van der Waals surface area contributed by atoms with E-state index in [0.717, 1.165) is 25.7 Å². The van der Waals surface area contributed by atoms with Gasteiger partial charge < -0.3 is 15.7 Å². The molecule has 5 nitrogen and oxygen atoms in total. The van der Waals surface area contributed by atoms with Crippen molar-refractivity contribution in [3.05, 3.63) is 0 Å². The van der Waals surface area contributed by atoms with Gasteiger partial charge in [0.05, 0.1) is 6.42 Å². The summed E-state index contributed by atoms with van der Waals surface area (Å²) in [5.41, 5.74) is 5.61. The van der Waals surface area contributed by atoms with E-state index in [1.54, 1.807) is 4.90 Å². The van der Waals surface area contributed by atoms with Gasteiger partial charge in [0.1, 0.15) is 0 Å². The molecule has 0 spiro atoms. The molecule has 0 heterocycles. The number of carbonyl (C=O) groups excluding carboxylic acids is 1. The normalized spacial score (nSPS) is 16.2. The summed E-state index contributed by atoms with van der Waals surface area (Å²) < 4.78 is 0. The van der Waals surface area contributed by atoms with E-state index in [-0.39, 0.29) is 18.4 Å². The highest BCUT2D eigenvalue weighted by Crippen LogP contribution is 2.29. The zero-order valence-electron chi connectivity index (χ0n) is 12.7. The van der Waals surface area contributed by atoms with Crippen LogP contribution in [0, 0.1) is 11.8 Å². The third-order valence-electron chi connectivity index (χ3n) is 4.08. The molecule has 0 aromatic heterocycles. The lowest BCUT2D eigenvalue weighted by Crippen LogP contribution is -2.35. The lowest BCUT2D eigenvalue weighted by molar-refractivity contribution is -0.138. The summed E-state index contributed by atoms with van der Waals surface area (Å²) in [4.78, 5) is 24.7. The fourth-order valence-corrected chi connectivity index (χ4v) is 2.59. The predicted octanol–water partition coefficient (Wildman–Crippen LogP) is 1.85. The predicted molar refractivity (Wildman–Crippen MR) is 78.2 cm³/mol. The van der Waals surface area contributed by atoms with E-state index in [0.29, 0.717) is 31.3 Å². The molecule has 0 aromatic rings. The molecule has 1 saturated carbocycles. The lowest BCUT2D eigenvalue weighted by Gasteiger charge is -2.24. The van der Waals surface area contributed by atoms with Crippen molar-refractivity contribution in [2.45, 2.75) is 58.4 Å². The van der Waals surface area contributed by atoms with Gasteiger partial charge in [-0.3, -0.25) is 9.59 Å². The van der Waals surface area contributed by atoms with Gasteiger partial charge >= 0.3 is 5.97 Å². The Labute approximate surface area is 121 Å². The minimum Gasteiger partial charge on any atom is -0.481 e. The van der Waals surface area contributed by atoms with Gasteiger partial charge in [0.15, 0.2) is 0 Å². The van der Waals surface area contributed by atoms with Crippen molar-refractivity contribution >= 4 is 11.9 Å². The van der Waals surface area contributed by atoms with E-state index >= 15 is 0 Å². The minimum absolute atomic E-state index is 0.0403. The zero-order chi connectivity index (χ0) is 15.1. The smallest absolute Gasteiger partial charge is 0.305 e. The first-order chi connectivity index (χ1) is 9.45. The highest BCUT2D eigenvalue weighted by molar-refractivity contribution is 5.77. The second kappa shape index (κ2) is 8.25. The first-order valence-electron chi connectivity index (χ1n) is 7.67. The van der Waals surface area contributed by atoms with E-state index in [1.165, 1.54) is 0 Å². The SMILES string of the molecule is CC(C)C(CCN)CCC(=O)N(CCC(=O)O)C1CC1. The molecule has 0 radical (unpaired) electrons. The number of amides is 1. The van der Waals surface area contributed by atoms with Crippen molar-refractivity contribution in [2.75, 3.05) is 13.1 Å². The maximum absolute atomic E-state index is 12.3. The Balaban J connectivity index is 2.42. The topological polar surface area (TPSA) is 83.6 Å². The Morgan fingerprint density at radius 1 is 1.25 bits per heavy atom. The molecule has 1 aliphatic carbocycles. The molecule has 0 aliphatic heterocycles. The number of aliphatic carboxylic acids is 1. The summed E-state index contributed by atoms with van der Waals surface area (Å²) in [6.07, 6.45) is 4.38. The maximum Gasteiger partial charge on any atom is 0.305 e. The third kappa shape index (κ3) is 5.90. The van der Waals surface area contributed by atoms with Crippen LogP contribution in [0.25, 0.3) is 0 Å². The van der Waals surface area contributed by atoms with Crippen molar-refractivity contribution in [2.24, 2.45) is 17.6 Å². The second-order valence-electron chi connectivity index (χ2n) is 6.08. The van der Waals surface area contributed by atoms with Gasteiger partial charge in [-0.2, -0.15) is 0 Å². The molecule has 20 heavy (non-hydrogen) atoms. The maximum atomic E-state index is 12.3. The van der Waals surface area contributed by atoms with Crippen LogP contribution in [-0.4, -0.2) is 41.0 Å². The number of carboxylic acid groups (broad SMARTS) is 1. The number of nitrogens with two attached hydrogens (primary N) is 1. The Morgan fingerprint density at radius 2 is 1.90 bits per heavy atom. The number of hydrogen-bond acceptors (Lipinski definition) is 3. The number of nitrogens with zero attached hydrogens (tertiary/aromatic N) is 1. The molecule has 116 valence electrons. The summed E-state index contributed by atoms with van der Waals surface area (Å²) in [7, 11) is 0. The van der Waals surface area contributed by atoms with Crippen LogP contribution >= 0.6 is 0 Å². The van der Waals surface area contributed by atoms with Gasteiger partial charge in [-0.1, -0.05) is 13.8 Å². The number of carbonyl (C=O) groups is 2. The molecule has 1 amide bonds. The molecule has 0 bridgehead atoms.